The van der Waals surface area contributed by atoms with Gasteiger partial charge in [0.05, 0.1) is 18.2 Å². The van der Waals surface area contributed by atoms with Gasteiger partial charge in [0.25, 0.3) is 5.91 Å². The molecule has 23 heavy (non-hydrogen) atoms. The minimum atomic E-state index is -0.856. The summed E-state index contributed by atoms with van der Waals surface area (Å²) in [6, 6.07) is 0. The summed E-state index contributed by atoms with van der Waals surface area (Å²) in [5, 5.41) is 21.1. The molecule has 0 aromatic rings. The maximum Gasteiger partial charge on any atom is 0.252 e. The van der Waals surface area contributed by atoms with Crippen molar-refractivity contribution in [2.45, 2.75) is 52.2 Å². The molecule has 1 rings (SSSR count). The average molecular weight is 327 g/mol. The summed E-state index contributed by atoms with van der Waals surface area (Å²) in [4.78, 5) is 26.3. The number of aliphatic hydroxyl groups excluding tert-OH is 2. The van der Waals surface area contributed by atoms with Crippen molar-refractivity contribution in [3.8, 4) is 0 Å². The second kappa shape index (κ2) is 7.42. The van der Waals surface area contributed by atoms with E-state index in [4.69, 9.17) is 5.73 Å². The molecule has 5 N–H and O–H groups in total. The van der Waals surface area contributed by atoms with E-state index in [0.717, 1.165) is 6.08 Å². The van der Waals surface area contributed by atoms with E-state index >= 15 is 0 Å². The minimum absolute atomic E-state index is 0.196. The fraction of sp³-hybridized carbons (Fsp3) is 0.750. The van der Waals surface area contributed by atoms with Crippen molar-refractivity contribution in [3.63, 3.8) is 0 Å². The van der Waals surface area contributed by atoms with E-state index in [0.29, 0.717) is 25.9 Å². The van der Waals surface area contributed by atoms with E-state index in [1.54, 1.807) is 27.7 Å². The van der Waals surface area contributed by atoms with Gasteiger partial charge in [0.1, 0.15) is 0 Å². The molecule has 7 nitrogen and oxygen atoms in total. The smallest absolute Gasteiger partial charge is 0.252 e. The molecule has 1 heterocycles. The lowest BCUT2D eigenvalue weighted by Crippen LogP contribution is -2.58. The number of aliphatic hydroxyl groups is 2. The number of nitrogens with two attached hydrogens (primary N) is 1. The number of carbonyl (C=O) groups is 2. The van der Waals surface area contributed by atoms with Crippen LogP contribution in [0.1, 0.15) is 40.5 Å². The van der Waals surface area contributed by atoms with Gasteiger partial charge in [-0.1, -0.05) is 13.8 Å². The zero-order chi connectivity index (χ0) is 17.8. The molecule has 1 saturated heterocycles. The van der Waals surface area contributed by atoms with Crippen LogP contribution in [-0.2, 0) is 9.59 Å². The Hall–Kier alpha value is -1.44. The quantitative estimate of drug-likeness (QED) is 0.516. The lowest BCUT2D eigenvalue weighted by atomic mass is 9.90. The molecule has 0 spiro atoms. The second-order valence-electron chi connectivity index (χ2n) is 7.24. The number of hydrogen-bond donors (Lipinski definition) is 4. The molecule has 2 amide bonds. The zero-order valence-electron chi connectivity index (χ0n) is 14.4. The molecule has 7 heteroatoms. The zero-order valence-corrected chi connectivity index (χ0v) is 14.4. The summed E-state index contributed by atoms with van der Waals surface area (Å²) < 4.78 is 0. The van der Waals surface area contributed by atoms with Gasteiger partial charge in [0.2, 0.25) is 5.91 Å². The third-order valence-corrected chi connectivity index (χ3v) is 4.51. The lowest BCUT2D eigenvalue weighted by molar-refractivity contribution is -0.137. The predicted molar refractivity (Wildman–Crippen MR) is 87.2 cm³/mol. The van der Waals surface area contributed by atoms with Crippen molar-refractivity contribution in [2.75, 3.05) is 19.7 Å². The Balaban J connectivity index is 2.70. The highest BCUT2D eigenvalue weighted by Gasteiger charge is 2.37. The first kappa shape index (κ1) is 19.6. The van der Waals surface area contributed by atoms with Crippen LogP contribution in [0.15, 0.2) is 11.8 Å². The molecule has 0 saturated carbocycles. The number of amides is 2. The third kappa shape index (κ3) is 5.02. The average Bonchev–Trinajstić information content (AvgIpc) is 2.47. The molecular weight excluding hydrogens is 298 g/mol. The van der Waals surface area contributed by atoms with Crippen LogP contribution in [0.4, 0.5) is 0 Å². The summed E-state index contributed by atoms with van der Waals surface area (Å²) in [5.74, 6) is -1.01. The van der Waals surface area contributed by atoms with E-state index in [1.165, 1.54) is 0 Å². The SMILES string of the molecule is CC(C)(CO)C(N)=CC(=O)NC(=O)C(C)(C)N1CCC(O)CC1. The number of piperidine rings is 1. The number of nitrogens with one attached hydrogen (secondary N) is 1. The van der Waals surface area contributed by atoms with E-state index in [9.17, 15) is 19.8 Å². The first-order chi connectivity index (χ1) is 10.5. The Morgan fingerprint density at radius 3 is 2.26 bits per heavy atom. The minimum Gasteiger partial charge on any atom is -0.401 e. The van der Waals surface area contributed by atoms with Crippen LogP contribution in [0.25, 0.3) is 0 Å². The van der Waals surface area contributed by atoms with Crippen molar-refractivity contribution in [2.24, 2.45) is 11.1 Å². The molecule has 0 atom stereocenters. The van der Waals surface area contributed by atoms with Crippen LogP contribution >= 0.6 is 0 Å². The Labute approximate surface area is 137 Å². The topological polar surface area (TPSA) is 116 Å². The predicted octanol–water partition coefficient (Wildman–Crippen LogP) is -0.274. The normalized spacial score (nSPS) is 18.8. The highest BCUT2D eigenvalue weighted by Crippen LogP contribution is 2.22. The maximum absolute atomic E-state index is 12.4. The van der Waals surface area contributed by atoms with Gasteiger partial charge in [0, 0.05) is 30.3 Å². The molecule has 1 aliphatic rings. The van der Waals surface area contributed by atoms with Crippen LogP contribution in [-0.4, -0.2) is 58.3 Å². The Bertz CT molecular complexity index is 478. The first-order valence-corrected chi connectivity index (χ1v) is 7.87. The number of likely N-dealkylation sites (tertiary alicyclic amines) is 1. The summed E-state index contributed by atoms with van der Waals surface area (Å²) in [6.07, 6.45) is 2.05. The third-order valence-electron chi connectivity index (χ3n) is 4.51. The van der Waals surface area contributed by atoms with E-state index in [-0.39, 0.29) is 18.4 Å². The van der Waals surface area contributed by atoms with Gasteiger partial charge in [-0.05, 0) is 26.7 Å². The van der Waals surface area contributed by atoms with Crippen molar-refractivity contribution in [1.29, 1.82) is 0 Å². The molecule has 1 fully saturated rings. The monoisotopic (exact) mass is 327 g/mol. The van der Waals surface area contributed by atoms with Crippen LogP contribution in [0.3, 0.4) is 0 Å². The van der Waals surface area contributed by atoms with Gasteiger partial charge in [0.15, 0.2) is 0 Å². The lowest BCUT2D eigenvalue weighted by Gasteiger charge is -2.40. The number of nitrogens with zero attached hydrogens (tertiary/aromatic N) is 1. The summed E-state index contributed by atoms with van der Waals surface area (Å²) >= 11 is 0. The van der Waals surface area contributed by atoms with Crippen molar-refractivity contribution in [1.82, 2.24) is 10.2 Å². The van der Waals surface area contributed by atoms with E-state index < -0.39 is 22.8 Å². The molecule has 0 aliphatic carbocycles. The number of hydrogen-bond acceptors (Lipinski definition) is 6. The van der Waals surface area contributed by atoms with Crippen LogP contribution in [0.5, 0.6) is 0 Å². The maximum atomic E-state index is 12.4. The van der Waals surface area contributed by atoms with Gasteiger partial charge in [-0.2, -0.15) is 0 Å². The molecule has 0 bridgehead atoms. The Morgan fingerprint density at radius 2 is 1.78 bits per heavy atom. The number of carbonyl (C=O) groups excluding carboxylic acids is 2. The first-order valence-electron chi connectivity index (χ1n) is 7.87. The summed E-state index contributed by atoms with van der Waals surface area (Å²) in [5.41, 5.74) is 4.43. The molecule has 132 valence electrons. The van der Waals surface area contributed by atoms with Crippen LogP contribution in [0.2, 0.25) is 0 Å². The molecule has 0 aromatic carbocycles. The molecule has 0 unspecified atom stereocenters. The highest BCUT2D eigenvalue weighted by molar-refractivity contribution is 6.04. The standard InChI is InChI=1S/C16H29N3O4/c1-15(2,10-20)12(17)9-13(22)18-14(23)16(3,4)19-7-5-11(21)6-8-19/h9,11,20-21H,5-8,10,17H2,1-4H3,(H,18,22,23). The van der Waals surface area contributed by atoms with E-state index in [2.05, 4.69) is 5.32 Å². The van der Waals surface area contributed by atoms with Crippen LogP contribution in [0, 0.1) is 5.41 Å². The Kier molecular flexibility index (Phi) is 6.33. The number of rotatable bonds is 5. The van der Waals surface area contributed by atoms with Crippen LogP contribution < -0.4 is 11.1 Å². The molecular formula is C16H29N3O4. The fourth-order valence-electron chi connectivity index (χ4n) is 2.30. The van der Waals surface area contributed by atoms with Gasteiger partial charge < -0.3 is 15.9 Å². The fourth-order valence-corrected chi connectivity index (χ4v) is 2.30. The summed E-state index contributed by atoms with van der Waals surface area (Å²) in [6.45, 7) is 7.92. The Morgan fingerprint density at radius 1 is 1.26 bits per heavy atom. The van der Waals surface area contributed by atoms with Gasteiger partial charge in [-0.25, -0.2) is 0 Å². The van der Waals surface area contributed by atoms with Crippen molar-refractivity contribution in [3.05, 3.63) is 11.8 Å². The van der Waals surface area contributed by atoms with Crippen molar-refractivity contribution < 1.29 is 19.8 Å². The van der Waals surface area contributed by atoms with E-state index in [1.807, 2.05) is 4.90 Å². The number of imide groups is 1. The molecule has 0 aromatic heterocycles. The van der Waals surface area contributed by atoms with Gasteiger partial charge in [-0.3, -0.25) is 19.8 Å². The largest absolute Gasteiger partial charge is 0.401 e. The second-order valence-corrected chi connectivity index (χ2v) is 7.24. The van der Waals surface area contributed by atoms with Gasteiger partial charge >= 0.3 is 0 Å². The molecule has 0 radical (unpaired) electrons. The summed E-state index contributed by atoms with van der Waals surface area (Å²) in [7, 11) is 0. The highest BCUT2D eigenvalue weighted by atomic mass is 16.3. The van der Waals surface area contributed by atoms with Gasteiger partial charge in [-0.15, -0.1) is 0 Å². The molecule has 1 aliphatic heterocycles. The van der Waals surface area contributed by atoms with Crippen molar-refractivity contribution >= 4 is 11.8 Å².